The van der Waals surface area contributed by atoms with Gasteiger partial charge in [-0.05, 0) is 12.1 Å². The molecule has 1 aromatic rings. The van der Waals surface area contributed by atoms with Gasteiger partial charge in [-0.2, -0.15) is 13.2 Å². The van der Waals surface area contributed by atoms with Crippen LogP contribution >= 0.6 is 0 Å². The van der Waals surface area contributed by atoms with Crippen molar-refractivity contribution in [1.29, 1.82) is 0 Å². The van der Waals surface area contributed by atoms with Gasteiger partial charge in [0.05, 0.1) is 17.8 Å². The average molecular weight is 401 g/mol. The minimum Gasteiger partial charge on any atom is -0.351 e. The number of imide groups is 1. The van der Waals surface area contributed by atoms with Crippen molar-refractivity contribution in [2.45, 2.75) is 12.6 Å². The zero-order valence-electron chi connectivity index (χ0n) is 15.1. The molecule has 0 aromatic heterocycles. The first-order valence-corrected chi connectivity index (χ1v) is 8.65. The second-order valence-electron chi connectivity index (χ2n) is 6.37. The van der Waals surface area contributed by atoms with Gasteiger partial charge in [-0.15, -0.1) is 0 Å². The number of anilines is 1. The predicted molar refractivity (Wildman–Crippen MR) is 95.3 cm³/mol. The molecule has 0 aliphatic carbocycles. The third-order valence-corrected chi connectivity index (χ3v) is 4.26. The summed E-state index contributed by atoms with van der Waals surface area (Å²) in [7, 11) is 0. The molecule has 1 aromatic carbocycles. The number of rotatable bonds is 6. The summed E-state index contributed by atoms with van der Waals surface area (Å²) in [5.74, 6) is -0.983. The maximum Gasteiger partial charge on any atom is 0.418 e. The number of piperazine rings is 1. The van der Waals surface area contributed by atoms with E-state index < -0.39 is 29.6 Å². The van der Waals surface area contributed by atoms with Crippen molar-refractivity contribution in [3.63, 3.8) is 0 Å². The molecule has 2 rings (SSSR count). The molecule has 1 aliphatic rings. The number of hydrogen-bond donors (Lipinski definition) is 3. The molecule has 1 aliphatic heterocycles. The number of hydrogen-bond acceptors (Lipinski definition) is 5. The molecule has 1 fully saturated rings. The lowest BCUT2D eigenvalue weighted by Gasteiger charge is -2.34. The molecule has 0 saturated carbocycles. The van der Waals surface area contributed by atoms with Crippen LogP contribution < -0.4 is 16.4 Å². The fraction of sp³-hybridized carbons (Fsp3) is 0.471. The molecule has 11 heteroatoms. The molecule has 0 radical (unpaired) electrons. The minimum absolute atomic E-state index is 0.0256. The Morgan fingerprint density at radius 3 is 2.21 bits per heavy atom. The summed E-state index contributed by atoms with van der Waals surface area (Å²) < 4.78 is 38.9. The lowest BCUT2D eigenvalue weighted by atomic mass is 10.1. The molecule has 1 saturated heterocycles. The number of carbonyl (C=O) groups excluding carboxylic acids is 3. The number of urea groups is 1. The van der Waals surface area contributed by atoms with Crippen molar-refractivity contribution in [1.82, 2.24) is 15.1 Å². The predicted octanol–water partition coefficient (Wildman–Crippen LogP) is 0.847. The number of carbonyl (C=O) groups is 3. The van der Waals surface area contributed by atoms with Crippen LogP contribution in [0.25, 0.3) is 0 Å². The zero-order chi connectivity index (χ0) is 20.7. The molecule has 0 spiro atoms. The summed E-state index contributed by atoms with van der Waals surface area (Å²) in [5, 5.41) is 4.31. The van der Waals surface area contributed by atoms with Crippen LogP contribution in [0.5, 0.6) is 0 Å². The molecule has 1 heterocycles. The first-order chi connectivity index (χ1) is 13.1. The van der Waals surface area contributed by atoms with Gasteiger partial charge in [-0.25, -0.2) is 4.79 Å². The molecule has 4 amide bonds. The van der Waals surface area contributed by atoms with Gasteiger partial charge in [0.25, 0.3) is 0 Å². The lowest BCUT2D eigenvalue weighted by molar-refractivity contribution is -0.137. The molecule has 0 bridgehead atoms. The van der Waals surface area contributed by atoms with Crippen LogP contribution in [0, 0.1) is 0 Å². The topological polar surface area (TPSA) is 108 Å². The number of nitrogens with zero attached hydrogens (tertiary/aromatic N) is 2. The standard InChI is InChI=1S/C17H22F3N5O3/c18-17(19,20)12-3-1-2-4-13(12)22-15(27)11-25-9-7-24(8-10-25)6-5-14(26)23-16(21)28/h1-4H,5-11H2,(H,22,27)(H3,21,23,26,28). The summed E-state index contributed by atoms with van der Waals surface area (Å²) in [6, 6.07) is 3.94. The number of benzene rings is 1. The van der Waals surface area contributed by atoms with Gasteiger partial charge in [-0.1, -0.05) is 12.1 Å². The van der Waals surface area contributed by atoms with E-state index in [2.05, 4.69) is 5.32 Å². The Morgan fingerprint density at radius 1 is 1.00 bits per heavy atom. The molecular formula is C17H22F3N5O3. The van der Waals surface area contributed by atoms with Gasteiger partial charge in [0.1, 0.15) is 0 Å². The van der Waals surface area contributed by atoms with E-state index in [4.69, 9.17) is 5.73 Å². The smallest absolute Gasteiger partial charge is 0.351 e. The van der Waals surface area contributed by atoms with E-state index in [1.807, 2.05) is 15.1 Å². The first kappa shape index (κ1) is 21.6. The van der Waals surface area contributed by atoms with Gasteiger partial charge in [-0.3, -0.25) is 19.8 Å². The van der Waals surface area contributed by atoms with Crippen molar-refractivity contribution in [3.8, 4) is 0 Å². The number of nitrogens with one attached hydrogen (secondary N) is 2. The molecular weight excluding hydrogens is 379 g/mol. The molecule has 0 unspecified atom stereocenters. The van der Waals surface area contributed by atoms with Crippen LogP contribution in [-0.2, 0) is 15.8 Å². The van der Waals surface area contributed by atoms with E-state index in [-0.39, 0.29) is 18.7 Å². The van der Waals surface area contributed by atoms with Crippen molar-refractivity contribution >= 4 is 23.5 Å². The lowest BCUT2D eigenvalue weighted by Crippen LogP contribution is -2.49. The highest BCUT2D eigenvalue weighted by Crippen LogP contribution is 2.34. The third kappa shape index (κ3) is 6.82. The quantitative estimate of drug-likeness (QED) is 0.655. The number of primary amides is 1. The van der Waals surface area contributed by atoms with Gasteiger partial charge >= 0.3 is 12.2 Å². The van der Waals surface area contributed by atoms with E-state index in [1.165, 1.54) is 18.2 Å². The SMILES string of the molecule is NC(=O)NC(=O)CCN1CCN(CC(=O)Nc2ccccc2C(F)(F)F)CC1. The van der Waals surface area contributed by atoms with E-state index in [9.17, 15) is 27.6 Å². The van der Waals surface area contributed by atoms with Crippen LogP contribution in [0.1, 0.15) is 12.0 Å². The van der Waals surface area contributed by atoms with E-state index in [1.54, 1.807) is 0 Å². The Kier molecular flexibility index (Phi) is 7.35. The highest BCUT2D eigenvalue weighted by molar-refractivity contribution is 5.93. The Balaban J connectivity index is 1.77. The van der Waals surface area contributed by atoms with Crippen molar-refractivity contribution in [2.24, 2.45) is 5.73 Å². The number of halogens is 3. The molecule has 0 atom stereocenters. The van der Waals surface area contributed by atoms with Crippen LogP contribution in [0.4, 0.5) is 23.7 Å². The largest absolute Gasteiger partial charge is 0.418 e. The Hall–Kier alpha value is -2.66. The van der Waals surface area contributed by atoms with Crippen molar-refractivity contribution in [2.75, 3.05) is 44.6 Å². The van der Waals surface area contributed by atoms with Gasteiger partial charge in [0.2, 0.25) is 11.8 Å². The van der Waals surface area contributed by atoms with Gasteiger partial charge < -0.3 is 16.0 Å². The Labute approximate surface area is 159 Å². The summed E-state index contributed by atoms with van der Waals surface area (Å²) in [4.78, 5) is 37.9. The maximum absolute atomic E-state index is 13.0. The number of para-hydroxylation sites is 1. The number of nitrogens with two attached hydrogens (primary N) is 1. The summed E-state index contributed by atoms with van der Waals surface area (Å²) >= 11 is 0. The second-order valence-corrected chi connectivity index (χ2v) is 6.37. The molecule has 154 valence electrons. The normalized spacial score (nSPS) is 15.8. The van der Waals surface area contributed by atoms with Crippen LogP contribution in [0.2, 0.25) is 0 Å². The van der Waals surface area contributed by atoms with Crippen LogP contribution in [-0.4, -0.2) is 66.9 Å². The summed E-state index contributed by atoms with van der Waals surface area (Å²) in [6.45, 7) is 2.67. The second kappa shape index (κ2) is 9.51. The fourth-order valence-corrected chi connectivity index (χ4v) is 2.86. The van der Waals surface area contributed by atoms with Crippen molar-refractivity contribution in [3.05, 3.63) is 29.8 Å². The Morgan fingerprint density at radius 2 is 1.61 bits per heavy atom. The number of alkyl halides is 3. The third-order valence-electron chi connectivity index (χ3n) is 4.26. The van der Waals surface area contributed by atoms with E-state index in [0.717, 1.165) is 6.07 Å². The molecule has 8 nitrogen and oxygen atoms in total. The van der Waals surface area contributed by atoms with E-state index in [0.29, 0.717) is 32.7 Å². The maximum atomic E-state index is 13.0. The minimum atomic E-state index is -4.55. The fourth-order valence-electron chi connectivity index (χ4n) is 2.86. The molecule has 4 N–H and O–H groups in total. The highest BCUT2D eigenvalue weighted by atomic mass is 19.4. The highest BCUT2D eigenvalue weighted by Gasteiger charge is 2.33. The first-order valence-electron chi connectivity index (χ1n) is 8.65. The zero-order valence-corrected chi connectivity index (χ0v) is 15.1. The van der Waals surface area contributed by atoms with E-state index >= 15 is 0 Å². The summed E-state index contributed by atoms with van der Waals surface area (Å²) in [6.07, 6.45) is -4.42. The number of amides is 4. The van der Waals surface area contributed by atoms with Gasteiger partial charge in [0, 0.05) is 39.1 Å². The molecule has 28 heavy (non-hydrogen) atoms. The van der Waals surface area contributed by atoms with Crippen LogP contribution in [0.3, 0.4) is 0 Å². The Bertz CT molecular complexity index is 718. The average Bonchev–Trinajstić information content (AvgIpc) is 2.60. The monoisotopic (exact) mass is 401 g/mol. The van der Waals surface area contributed by atoms with Crippen molar-refractivity contribution < 1.29 is 27.6 Å². The van der Waals surface area contributed by atoms with Gasteiger partial charge in [0.15, 0.2) is 0 Å². The van der Waals surface area contributed by atoms with Crippen LogP contribution in [0.15, 0.2) is 24.3 Å². The summed E-state index contributed by atoms with van der Waals surface area (Å²) in [5.41, 5.74) is 3.71.